The molecule has 0 aliphatic heterocycles. The van der Waals surface area contributed by atoms with E-state index in [1.807, 2.05) is 0 Å². The van der Waals surface area contributed by atoms with Gasteiger partial charge in [0.25, 0.3) is 0 Å². The average molecular weight is 148 g/mol. The molecule has 0 atom stereocenters. The first-order valence-electron chi connectivity index (χ1n) is 3.30. The maximum Gasteiger partial charge on any atom is 0.309 e. The molecule has 2 amide bonds. The number of aliphatic hydroxyl groups excluding tert-OH is 1. The molecule has 62 valence electrons. The molecule has 0 bridgehead atoms. The summed E-state index contributed by atoms with van der Waals surface area (Å²) in [6, 6.07) is -0.833. The molecule has 0 saturated carbocycles. The van der Waals surface area contributed by atoms with Gasteiger partial charge in [-0.3, -0.25) is 0 Å². The van der Waals surface area contributed by atoms with Gasteiger partial charge < -0.3 is 16.6 Å². The van der Waals surface area contributed by atoms with Crippen molar-refractivity contribution in [2.75, 3.05) is 6.61 Å². The molecular formula is C6H16N2O2. The lowest BCUT2D eigenvalue weighted by Gasteiger charge is -1.85. The number of primary amides is 2. The second-order valence-electron chi connectivity index (χ2n) is 1.83. The summed E-state index contributed by atoms with van der Waals surface area (Å²) >= 11 is 0. The second kappa shape index (κ2) is 11.1. The van der Waals surface area contributed by atoms with Crippen LogP contribution in [0.15, 0.2) is 0 Å². The fraction of sp³-hybridized carbons (Fsp3) is 0.833. The third-order valence-corrected chi connectivity index (χ3v) is 0.762. The van der Waals surface area contributed by atoms with E-state index in [9.17, 15) is 0 Å². The highest BCUT2D eigenvalue weighted by Crippen LogP contribution is 1.89. The molecule has 0 aromatic carbocycles. The molecular weight excluding hydrogens is 132 g/mol. The minimum absolute atomic E-state index is 0.355. The van der Waals surface area contributed by atoms with Crippen LogP contribution in [0.25, 0.3) is 0 Å². The first-order chi connectivity index (χ1) is 4.65. The van der Waals surface area contributed by atoms with Gasteiger partial charge in [0.2, 0.25) is 0 Å². The zero-order valence-electron chi connectivity index (χ0n) is 6.34. The Morgan fingerprint density at radius 3 is 1.90 bits per heavy atom. The van der Waals surface area contributed by atoms with Crippen LogP contribution in [0.1, 0.15) is 26.2 Å². The lowest BCUT2D eigenvalue weighted by Crippen LogP contribution is -2.18. The molecule has 10 heavy (non-hydrogen) atoms. The van der Waals surface area contributed by atoms with E-state index < -0.39 is 6.03 Å². The van der Waals surface area contributed by atoms with Crippen LogP contribution in [0.5, 0.6) is 0 Å². The number of hydrogen-bond acceptors (Lipinski definition) is 2. The van der Waals surface area contributed by atoms with Crippen molar-refractivity contribution in [3.05, 3.63) is 0 Å². The standard InChI is InChI=1S/C5H12O.CH4N2O/c1-2-3-4-5-6;2-1(3)4/h6H,2-5H2,1H3;(H4,2,3,4). The van der Waals surface area contributed by atoms with Crippen LogP contribution in [0.4, 0.5) is 4.79 Å². The number of rotatable bonds is 3. The number of amides is 2. The van der Waals surface area contributed by atoms with E-state index in [1.165, 1.54) is 6.42 Å². The number of urea groups is 1. The summed E-state index contributed by atoms with van der Waals surface area (Å²) in [5, 5.41) is 8.20. The van der Waals surface area contributed by atoms with Crippen LogP contribution in [-0.2, 0) is 0 Å². The van der Waals surface area contributed by atoms with Crippen LogP contribution < -0.4 is 11.5 Å². The average Bonchev–Trinajstić information content (AvgIpc) is 1.82. The summed E-state index contributed by atoms with van der Waals surface area (Å²) in [4.78, 5) is 9.00. The molecule has 0 saturated heterocycles. The minimum atomic E-state index is -0.833. The van der Waals surface area contributed by atoms with E-state index in [0.29, 0.717) is 6.61 Å². The third kappa shape index (κ3) is 56.4. The van der Waals surface area contributed by atoms with Crippen molar-refractivity contribution in [2.24, 2.45) is 11.5 Å². The summed E-state index contributed by atoms with van der Waals surface area (Å²) in [7, 11) is 0. The molecule has 4 nitrogen and oxygen atoms in total. The van der Waals surface area contributed by atoms with E-state index in [0.717, 1.165) is 12.8 Å². The Morgan fingerprint density at radius 2 is 1.80 bits per heavy atom. The Kier molecular flexibility index (Phi) is 13.3. The highest BCUT2D eigenvalue weighted by atomic mass is 16.2. The highest BCUT2D eigenvalue weighted by molar-refractivity contribution is 5.69. The zero-order valence-corrected chi connectivity index (χ0v) is 6.34. The molecule has 0 aromatic rings. The van der Waals surface area contributed by atoms with Gasteiger partial charge >= 0.3 is 6.03 Å². The maximum absolute atomic E-state index is 9.00. The number of unbranched alkanes of at least 4 members (excludes halogenated alkanes) is 2. The molecule has 0 aliphatic rings. The Bertz CT molecular complexity index is 68.1. The van der Waals surface area contributed by atoms with Crippen LogP contribution in [0, 0.1) is 0 Å². The summed E-state index contributed by atoms with van der Waals surface area (Å²) in [6.07, 6.45) is 3.33. The number of carbonyl (C=O) groups is 1. The molecule has 0 radical (unpaired) electrons. The number of nitrogens with two attached hydrogens (primary N) is 2. The molecule has 0 aliphatic carbocycles. The van der Waals surface area contributed by atoms with Crippen molar-refractivity contribution >= 4 is 6.03 Å². The van der Waals surface area contributed by atoms with Gasteiger partial charge in [-0.25, -0.2) is 4.79 Å². The van der Waals surface area contributed by atoms with Crippen molar-refractivity contribution < 1.29 is 9.90 Å². The molecule has 4 heteroatoms. The number of carbonyl (C=O) groups excluding carboxylic acids is 1. The van der Waals surface area contributed by atoms with Gasteiger partial charge in [0, 0.05) is 6.61 Å². The predicted molar refractivity (Wildman–Crippen MR) is 40.4 cm³/mol. The Morgan fingerprint density at radius 1 is 1.40 bits per heavy atom. The van der Waals surface area contributed by atoms with Gasteiger partial charge in [-0.1, -0.05) is 19.8 Å². The monoisotopic (exact) mass is 148 g/mol. The molecule has 0 fully saturated rings. The first kappa shape index (κ1) is 12.0. The van der Waals surface area contributed by atoms with Crippen LogP contribution >= 0.6 is 0 Å². The fourth-order valence-corrected chi connectivity index (χ4v) is 0.362. The zero-order chi connectivity index (χ0) is 8.41. The number of hydrogen-bond donors (Lipinski definition) is 3. The fourth-order valence-electron chi connectivity index (χ4n) is 0.362. The van der Waals surface area contributed by atoms with Crippen molar-refractivity contribution in [1.82, 2.24) is 0 Å². The quantitative estimate of drug-likeness (QED) is 0.499. The van der Waals surface area contributed by atoms with E-state index in [1.54, 1.807) is 0 Å². The maximum atomic E-state index is 9.00. The van der Waals surface area contributed by atoms with Gasteiger partial charge in [0.15, 0.2) is 0 Å². The third-order valence-electron chi connectivity index (χ3n) is 0.762. The van der Waals surface area contributed by atoms with Gasteiger partial charge in [-0.05, 0) is 6.42 Å². The van der Waals surface area contributed by atoms with E-state index in [4.69, 9.17) is 9.90 Å². The lowest BCUT2D eigenvalue weighted by atomic mass is 10.3. The van der Waals surface area contributed by atoms with E-state index in [-0.39, 0.29) is 0 Å². The second-order valence-corrected chi connectivity index (χ2v) is 1.83. The van der Waals surface area contributed by atoms with Gasteiger partial charge in [-0.2, -0.15) is 0 Å². The highest BCUT2D eigenvalue weighted by Gasteiger charge is 1.76. The number of aliphatic hydroxyl groups is 1. The summed E-state index contributed by atoms with van der Waals surface area (Å²) in [5.74, 6) is 0. The summed E-state index contributed by atoms with van der Waals surface area (Å²) in [5.41, 5.74) is 8.50. The Labute approximate surface area is 61.2 Å². The van der Waals surface area contributed by atoms with Gasteiger partial charge in [-0.15, -0.1) is 0 Å². The SMILES string of the molecule is CCCCCO.NC(N)=O. The predicted octanol–water partition coefficient (Wildman–Crippen LogP) is 0.193. The topological polar surface area (TPSA) is 89.3 Å². The van der Waals surface area contributed by atoms with Crippen LogP contribution in [0.3, 0.4) is 0 Å². The van der Waals surface area contributed by atoms with Crippen LogP contribution in [-0.4, -0.2) is 17.7 Å². The summed E-state index contributed by atoms with van der Waals surface area (Å²) in [6.45, 7) is 2.48. The Balaban J connectivity index is 0. The lowest BCUT2D eigenvalue weighted by molar-refractivity contribution is 0.256. The largest absolute Gasteiger partial charge is 0.396 e. The first-order valence-corrected chi connectivity index (χ1v) is 3.30. The van der Waals surface area contributed by atoms with E-state index >= 15 is 0 Å². The van der Waals surface area contributed by atoms with E-state index in [2.05, 4.69) is 18.4 Å². The summed E-state index contributed by atoms with van der Waals surface area (Å²) < 4.78 is 0. The van der Waals surface area contributed by atoms with Gasteiger partial charge in [0.1, 0.15) is 0 Å². The molecule has 5 N–H and O–H groups in total. The molecule has 0 spiro atoms. The molecule has 0 heterocycles. The van der Waals surface area contributed by atoms with Crippen molar-refractivity contribution in [3.63, 3.8) is 0 Å². The van der Waals surface area contributed by atoms with Crippen LogP contribution in [0.2, 0.25) is 0 Å². The van der Waals surface area contributed by atoms with Crippen molar-refractivity contribution in [1.29, 1.82) is 0 Å². The smallest absolute Gasteiger partial charge is 0.309 e. The molecule has 0 rings (SSSR count). The molecule has 0 unspecified atom stereocenters. The van der Waals surface area contributed by atoms with Gasteiger partial charge in [0.05, 0.1) is 0 Å². The minimum Gasteiger partial charge on any atom is -0.396 e. The van der Waals surface area contributed by atoms with Crippen molar-refractivity contribution in [3.8, 4) is 0 Å². The van der Waals surface area contributed by atoms with Crippen molar-refractivity contribution in [2.45, 2.75) is 26.2 Å². The molecule has 0 aromatic heterocycles. The normalized spacial score (nSPS) is 7.80. The Hall–Kier alpha value is -0.770.